The second kappa shape index (κ2) is 6.51. The van der Waals surface area contributed by atoms with Crippen molar-refractivity contribution in [1.82, 2.24) is 0 Å². The van der Waals surface area contributed by atoms with Crippen molar-refractivity contribution in [2.45, 2.75) is 0 Å². The smallest absolute Gasteiger partial charge is 0.343 e. The Bertz CT molecular complexity index is 547. The molecule has 1 rings (SSSR count). The maximum atomic E-state index is 10.8. The second-order valence-corrected chi connectivity index (χ2v) is 4.82. The summed E-state index contributed by atoms with van der Waals surface area (Å²) >= 11 is 6.13. The molecule has 0 heterocycles. The van der Waals surface area contributed by atoms with Gasteiger partial charge < -0.3 is 10.2 Å². The maximum Gasteiger partial charge on any atom is 0.343 e. The molecular weight excluding hydrogens is 368 g/mol. The SMILES string of the molecule is O=C(O)/C=C/c1cccc(/C(Br)=C(\Br)C(=O)O)c1. The van der Waals surface area contributed by atoms with Gasteiger partial charge in [0.15, 0.2) is 0 Å². The van der Waals surface area contributed by atoms with E-state index >= 15 is 0 Å². The number of hydrogen-bond acceptors (Lipinski definition) is 2. The number of benzene rings is 1. The number of rotatable bonds is 4. The van der Waals surface area contributed by atoms with E-state index in [2.05, 4.69) is 31.9 Å². The summed E-state index contributed by atoms with van der Waals surface area (Å²) < 4.78 is 0.391. The first-order valence-corrected chi connectivity index (χ1v) is 6.30. The fraction of sp³-hybridized carbons (Fsp3) is 0. The molecule has 0 fully saturated rings. The molecule has 0 aromatic heterocycles. The van der Waals surface area contributed by atoms with E-state index in [1.807, 2.05) is 0 Å². The molecule has 6 heteroatoms. The number of carboxylic acids is 2. The standard InChI is InChI=1S/C12H8Br2O4/c13-10(11(14)12(17)18)8-3-1-2-7(6-8)4-5-9(15)16/h1-6H,(H,15,16)(H,17,18)/b5-4+,11-10+. The third-order valence-electron chi connectivity index (χ3n) is 1.94. The van der Waals surface area contributed by atoms with Gasteiger partial charge in [-0.15, -0.1) is 0 Å². The van der Waals surface area contributed by atoms with E-state index in [1.54, 1.807) is 24.3 Å². The van der Waals surface area contributed by atoms with Crippen molar-refractivity contribution < 1.29 is 19.8 Å². The van der Waals surface area contributed by atoms with E-state index in [4.69, 9.17) is 10.2 Å². The molecule has 0 unspecified atom stereocenters. The Morgan fingerprint density at radius 3 is 2.39 bits per heavy atom. The van der Waals surface area contributed by atoms with Crippen molar-refractivity contribution in [1.29, 1.82) is 0 Å². The van der Waals surface area contributed by atoms with Crippen LogP contribution in [0.3, 0.4) is 0 Å². The molecule has 0 radical (unpaired) electrons. The topological polar surface area (TPSA) is 74.6 Å². The number of halogens is 2. The highest BCUT2D eigenvalue weighted by atomic mass is 79.9. The largest absolute Gasteiger partial charge is 0.478 e. The molecule has 1 aromatic carbocycles. The zero-order valence-electron chi connectivity index (χ0n) is 8.93. The molecule has 0 amide bonds. The van der Waals surface area contributed by atoms with Crippen LogP contribution in [0.15, 0.2) is 34.8 Å². The van der Waals surface area contributed by atoms with Gasteiger partial charge in [-0.25, -0.2) is 9.59 Å². The van der Waals surface area contributed by atoms with Crippen LogP contribution in [0, 0.1) is 0 Å². The first-order chi connectivity index (χ1) is 8.41. The number of carboxylic acid groups (broad SMARTS) is 2. The summed E-state index contributed by atoms with van der Waals surface area (Å²) in [5.41, 5.74) is 1.30. The predicted molar refractivity (Wildman–Crippen MR) is 75.5 cm³/mol. The van der Waals surface area contributed by atoms with Crippen molar-refractivity contribution in [3.63, 3.8) is 0 Å². The monoisotopic (exact) mass is 374 g/mol. The minimum Gasteiger partial charge on any atom is -0.478 e. The maximum absolute atomic E-state index is 10.8. The van der Waals surface area contributed by atoms with Gasteiger partial charge in [0.2, 0.25) is 0 Å². The molecular formula is C12H8Br2O4. The summed E-state index contributed by atoms with van der Waals surface area (Å²) in [6, 6.07) is 6.82. The molecule has 1 aromatic rings. The first-order valence-electron chi connectivity index (χ1n) is 4.72. The molecule has 0 aliphatic rings. The second-order valence-electron chi connectivity index (χ2n) is 3.23. The molecule has 0 aliphatic carbocycles. The lowest BCUT2D eigenvalue weighted by Crippen LogP contribution is -1.95. The number of carbonyl (C=O) groups is 2. The molecule has 18 heavy (non-hydrogen) atoms. The molecule has 2 N–H and O–H groups in total. The minimum atomic E-state index is -1.09. The van der Waals surface area contributed by atoms with Crippen LogP contribution in [-0.4, -0.2) is 22.2 Å². The van der Waals surface area contributed by atoms with E-state index in [0.29, 0.717) is 15.6 Å². The lowest BCUT2D eigenvalue weighted by Gasteiger charge is -2.03. The van der Waals surface area contributed by atoms with Crippen LogP contribution in [0.2, 0.25) is 0 Å². The average molecular weight is 376 g/mol. The van der Waals surface area contributed by atoms with Crippen LogP contribution < -0.4 is 0 Å². The van der Waals surface area contributed by atoms with Gasteiger partial charge in [0.25, 0.3) is 0 Å². The van der Waals surface area contributed by atoms with Crippen molar-refractivity contribution in [2.24, 2.45) is 0 Å². The fourth-order valence-electron chi connectivity index (χ4n) is 1.17. The molecule has 0 aliphatic heterocycles. The third-order valence-corrected chi connectivity index (χ3v) is 4.06. The summed E-state index contributed by atoms with van der Waals surface area (Å²) in [6.45, 7) is 0. The van der Waals surface area contributed by atoms with Gasteiger partial charge in [0.1, 0.15) is 4.48 Å². The summed E-state index contributed by atoms with van der Waals surface area (Å²) in [5, 5.41) is 17.4. The Morgan fingerprint density at radius 1 is 1.17 bits per heavy atom. The third kappa shape index (κ3) is 4.12. The summed E-state index contributed by atoms with van der Waals surface area (Å²) in [4.78, 5) is 21.2. The molecule has 0 spiro atoms. The molecule has 0 bridgehead atoms. The summed E-state index contributed by atoms with van der Waals surface area (Å²) in [6.07, 6.45) is 2.45. The van der Waals surface area contributed by atoms with Crippen molar-refractivity contribution >= 4 is 54.4 Å². The van der Waals surface area contributed by atoms with Crippen LogP contribution in [0.25, 0.3) is 10.6 Å². The lowest BCUT2D eigenvalue weighted by molar-refractivity contribution is -0.132. The van der Waals surface area contributed by atoms with E-state index < -0.39 is 11.9 Å². The van der Waals surface area contributed by atoms with Gasteiger partial charge in [-0.05, 0) is 55.1 Å². The Balaban J connectivity index is 3.13. The highest BCUT2D eigenvalue weighted by molar-refractivity contribution is 9.16. The van der Waals surface area contributed by atoms with Crippen LogP contribution in [0.5, 0.6) is 0 Å². The van der Waals surface area contributed by atoms with Gasteiger partial charge in [-0.1, -0.05) is 18.2 Å². The van der Waals surface area contributed by atoms with Gasteiger partial charge in [0.05, 0.1) is 0 Å². The van der Waals surface area contributed by atoms with Crippen molar-refractivity contribution in [2.75, 3.05) is 0 Å². The molecule has 0 saturated heterocycles. The van der Waals surface area contributed by atoms with E-state index in [1.165, 1.54) is 6.08 Å². The van der Waals surface area contributed by atoms with Gasteiger partial charge in [-0.3, -0.25) is 0 Å². The Morgan fingerprint density at radius 2 is 1.83 bits per heavy atom. The predicted octanol–water partition coefficient (Wildman–Crippen LogP) is 3.33. The highest BCUT2D eigenvalue weighted by Gasteiger charge is 2.10. The first kappa shape index (κ1) is 14.7. The number of aliphatic carboxylic acids is 2. The quantitative estimate of drug-likeness (QED) is 0.791. The zero-order chi connectivity index (χ0) is 13.7. The minimum absolute atomic E-state index is 0.00173. The molecule has 0 saturated carbocycles. The van der Waals surface area contributed by atoms with E-state index in [9.17, 15) is 9.59 Å². The van der Waals surface area contributed by atoms with Crippen LogP contribution >= 0.6 is 31.9 Å². The fourth-order valence-corrected chi connectivity index (χ4v) is 1.81. The lowest BCUT2D eigenvalue weighted by atomic mass is 10.1. The highest BCUT2D eigenvalue weighted by Crippen LogP contribution is 2.29. The van der Waals surface area contributed by atoms with Gasteiger partial charge in [0, 0.05) is 10.6 Å². The zero-order valence-corrected chi connectivity index (χ0v) is 12.1. The molecule has 4 nitrogen and oxygen atoms in total. The van der Waals surface area contributed by atoms with E-state index in [0.717, 1.165) is 6.08 Å². The summed E-state index contributed by atoms with van der Waals surface area (Å²) in [5.74, 6) is -2.13. The Hall–Kier alpha value is -1.40. The van der Waals surface area contributed by atoms with E-state index in [-0.39, 0.29) is 4.48 Å². The van der Waals surface area contributed by atoms with Crippen LogP contribution in [-0.2, 0) is 9.59 Å². The van der Waals surface area contributed by atoms with Crippen molar-refractivity contribution in [3.8, 4) is 0 Å². The Labute approximate surface area is 120 Å². The Kier molecular flexibility index (Phi) is 5.30. The van der Waals surface area contributed by atoms with Crippen molar-refractivity contribution in [3.05, 3.63) is 46.0 Å². The van der Waals surface area contributed by atoms with Gasteiger partial charge in [-0.2, -0.15) is 0 Å². The van der Waals surface area contributed by atoms with Crippen LogP contribution in [0.1, 0.15) is 11.1 Å². The summed E-state index contributed by atoms with van der Waals surface area (Å²) in [7, 11) is 0. The number of hydrogen-bond donors (Lipinski definition) is 2. The normalized spacial score (nSPS) is 12.3. The molecule has 94 valence electrons. The average Bonchev–Trinajstić information content (AvgIpc) is 2.34. The molecule has 0 atom stereocenters. The van der Waals surface area contributed by atoms with Gasteiger partial charge >= 0.3 is 11.9 Å². The van der Waals surface area contributed by atoms with Crippen LogP contribution in [0.4, 0.5) is 0 Å².